The van der Waals surface area contributed by atoms with Gasteiger partial charge < -0.3 is 10.0 Å². The monoisotopic (exact) mass is 307 g/mol. The van der Waals surface area contributed by atoms with Crippen molar-refractivity contribution in [1.82, 2.24) is 25.1 Å². The number of aromatic nitrogens is 4. The van der Waals surface area contributed by atoms with Gasteiger partial charge in [0.05, 0.1) is 11.6 Å². The lowest BCUT2D eigenvalue weighted by Gasteiger charge is -2.30. The zero-order chi connectivity index (χ0) is 14.8. The number of carboxylic acid groups (broad SMARTS) is 1. The molecule has 0 spiro atoms. The van der Waals surface area contributed by atoms with Crippen LogP contribution in [0.15, 0.2) is 17.8 Å². The predicted molar refractivity (Wildman–Crippen MR) is 73.3 cm³/mol. The highest BCUT2D eigenvalue weighted by atomic mass is 32.1. The number of amides is 1. The minimum absolute atomic E-state index is 0.165. The van der Waals surface area contributed by atoms with Gasteiger partial charge >= 0.3 is 5.97 Å². The molecule has 2 aromatic rings. The molecule has 9 heteroatoms. The molecule has 0 aliphatic carbocycles. The van der Waals surface area contributed by atoms with Gasteiger partial charge in [-0.1, -0.05) is 0 Å². The van der Waals surface area contributed by atoms with Crippen molar-refractivity contribution in [3.05, 3.63) is 22.7 Å². The van der Waals surface area contributed by atoms with Crippen molar-refractivity contribution in [2.24, 2.45) is 5.92 Å². The molecule has 0 unspecified atom stereocenters. The summed E-state index contributed by atoms with van der Waals surface area (Å²) >= 11 is 1.30. The van der Waals surface area contributed by atoms with E-state index >= 15 is 0 Å². The molecule has 1 fully saturated rings. The van der Waals surface area contributed by atoms with Gasteiger partial charge in [0.25, 0.3) is 5.91 Å². The van der Waals surface area contributed by atoms with Crippen LogP contribution >= 0.6 is 11.3 Å². The van der Waals surface area contributed by atoms with Crippen LogP contribution in [-0.2, 0) is 4.79 Å². The average Bonchev–Trinajstić information content (AvgIpc) is 3.17. The largest absolute Gasteiger partial charge is 0.481 e. The van der Waals surface area contributed by atoms with E-state index in [1.165, 1.54) is 22.3 Å². The van der Waals surface area contributed by atoms with E-state index in [1.54, 1.807) is 16.3 Å². The van der Waals surface area contributed by atoms with E-state index in [2.05, 4.69) is 15.5 Å². The Kier molecular flexibility index (Phi) is 3.65. The number of rotatable bonds is 3. The molecular formula is C12H13N5O3S. The minimum Gasteiger partial charge on any atom is -0.481 e. The lowest BCUT2D eigenvalue weighted by molar-refractivity contribution is -0.143. The number of carboxylic acids is 1. The third-order valence-corrected chi connectivity index (χ3v) is 4.38. The number of hydrogen-bond donors (Lipinski definition) is 1. The van der Waals surface area contributed by atoms with Gasteiger partial charge in [-0.3, -0.25) is 9.59 Å². The van der Waals surface area contributed by atoms with Crippen LogP contribution in [-0.4, -0.2) is 55.2 Å². The normalized spacial score (nSPS) is 18.7. The molecular weight excluding hydrogens is 294 g/mol. The Hall–Kier alpha value is -2.29. The summed E-state index contributed by atoms with van der Waals surface area (Å²) in [6, 6.07) is 1.77. The first-order chi connectivity index (χ1) is 10.2. The number of hydrogen-bond acceptors (Lipinski definition) is 6. The molecule has 3 heterocycles. The average molecular weight is 307 g/mol. The fraction of sp³-hybridized carbons (Fsp3) is 0.417. The fourth-order valence-corrected chi connectivity index (χ4v) is 3.27. The smallest absolute Gasteiger partial charge is 0.308 e. The van der Waals surface area contributed by atoms with Crippen LogP contribution in [0.4, 0.5) is 0 Å². The number of thiophene rings is 1. The van der Waals surface area contributed by atoms with Crippen LogP contribution in [0.5, 0.6) is 0 Å². The Bertz CT molecular complexity index is 654. The predicted octanol–water partition coefficient (Wildman–Crippen LogP) is 0.661. The number of aliphatic carboxylic acids is 1. The van der Waals surface area contributed by atoms with Crippen molar-refractivity contribution >= 4 is 23.2 Å². The summed E-state index contributed by atoms with van der Waals surface area (Å²) in [6.45, 7) is 0.830. The second kappa shape index (κ2) is 5.60. The zero-order valence-corrected chi connectivity index (χ0v) is 11.9. The summed E-state index contributed by atoms with van der Waals surface area (Å²) < 4.78 is 1.43. The van der Waals surface area contributed by atoms with Crippen molar-refractivity contribution in [2.75, 3.05) is 13.1 Å². The van der Waals surface area contributed by atoms with Gasteiger partial charge in [0, 0.05) is 13.1 Å². The van der Waals surface area contributed by atoms with Crippen LogP contribution in [0.2, 0.25) is 0 Å². The third-order valence-electron chi connectivity index (χ3n) is 3.49. The van der Waals surface area contributed by atoms with E-state index < -0.39 is 11.9 Å². The summed E-state index contributed by atoms with van der Waals surface area (Å²) in [5.74, 6) is -1.50. The van der Waals surface area contributed by atoms with Gasteiger partial charge in [-0.2, -0.15) is 4.68 Å². The molecule has 1 atom stereocenters. The Labute approximate surface area is 124 Å². The van der Waals surface area contributed by atoms with E-state index in [-0.39, 0.29) is 12.5 Å². The van der Waals surface area contributed by atoms with Crippen LogP contribution in [0.25, 0.3) is 5.69 Å². The lowest BCUT2D eigenvalue weighted by atomic mass is 9.98. The van der Waals surface area contributed by atoms with Crippen molar-refractivity contribution in [2.45, 2.75) is 12.8 Å². The van der Waals surface area contributed by atoms with E-state index in [1.807, 2.05) is 0 Å². The summed E-state index contributed by atoms with van der Waals surface area (Å²) in [4.78, 5) is 25.8. The molecule has 0 saturated carbocycles. The van der Waals surface area contributed by atoms with Gasteiger partial charge in [-0.05, 0) is 34.7 Å². The van der Waals surface area contributed by atoms with Crippen LogP contribution in [0, 0.1) is 5.92 Å². The minimum atomic E-state index is -0.848. The number of likely N-dealkylation sites (tertiary alicyclic amines) is 1. The maximum Gasteiger partial charge on any atom is 0.308 e. The Morgan fingerprint density at radius 2 is 2.29 bits per heavy atom. The Balaban J connectivity index is 1.83. The van der Waals surface area contributed by atoms with Crippen LogP contribution in [0.1, 0.15) is 22.5 Å². The number of piperidine rings is 1. The molecule has 0 radical (unpaired) electrons. The number of carbonyl (C=O) groups excluding carboxylic acids is 1. The van der Waals surface area contributed by atoms with Crippen molar-refractivity contribution in [3.63, 3.8) is 0 Å². The molecule has 1 saturated heterocycles. The summed E-state index contributed by atoms with van der Waals surface area (Å²) in [5, 5.41) is 21.8. The van der Waals surface area contributed by atoms with Crippen molar-refractivity contribution in [1.29, 1.82) is 0 Å². The van der Waals surface area contributed by atoms with Gasteiger partial charge in [0.2, 0.25) is 0 Å². The van der Waals surface area contributed by atoms with Crippen molar-refractivity contribution in [3.8, 4) is 5.69 Å². The van der Waals surface area contributed by atoms with Gasteiger partial charge in [-0.25, -0.2) is 0 Å². The molecule has 1 aliphatic heterocycles. The Morgan fingerprint density at radius 3 is 3.00 bits per heavy atom. The topological polar surface area (TPSA) is 101 Å². The molecule has 3 rings (SSSR count). The second-order valence-corrected chi connectivity index (χ2v) is 5.73. The second-order valence-electron chi connectivity index (χ2n) is 4.82. The molecule has 1 amide bonds. The van der Waals surface area contributed by atoms with E-state index in [9.17, 15) is 9.59 Å². The van der Waals surface area contributed by atoms with E-state index in [0.717, 1.165) is 0 Å². The fourth-order valence-electron chi connectivity index (χ4n) is 2.42. The van der Waals surface area contributed by atoms with Gasteiger partial charge in [0.15, 0.2) is 0 Å². The first-order valence-corrected chi connectivity index (χ1v) is 7.37. The molecule has 21 heavy (non-hydrogen) atoms. The number of nitrogens with zero attached hydrogens (tertiary/aromatic N) is 5. The summed E-state index contributed by atoms with van der Waals surface area (Å²) in [7, 11) is 0. The van der Waals surface area contributed by atoms with Crippen molar-refractivity contribution < 1.29 is 14.7 Å². The molecule has 1 N–H and O–H groups in total. The molecule has 8 nitrogen and oxygen atoms in total. The summed E-state index contributed by atoms with van der Waals surface area (Å²) in [6.07, 6.45) is 2.74. The standard InChI is InChI=1S/C12H13N5O3S/c18-11(16-4-1-2-8(6-16)12(19)20)10-9(3-5-21-10)17-7-13-14-15-17/h3,5,7-8H,1-2,4,6H2,(H,19,20)/t8-/m1/s1. The molecule has 2 aromatic heterocycles. The molecule has 0 aromatic carbocycles. The maximum atomic E-state index is 12.6. The molecule has 110 valence electrons. The maximum absolute atomic E-state index is 12.6. The first-order valence-electron chi connectivity index (χ1n) is 6.49. The quantitative estimate of drug-likeness (QED) is 0.894. The summed E-state index contributed by atoms with van der Waals surface area (Å²) in [5.41, 5.74) is 0.618. The third kappa shape index (κ3) is 2.64. The number of tetrazole rings is 1. The van der Waals surface area contributed by atoms with Crippen LogP contribution in [0.3, 0.4) is 0 Å². The van der Waals surface area contributed by atoms with Gasteiger partial charge in [0.1, 0.15) is 11.2 Å². The number of carbonyl (C=O) groups is 2. The highest BCUT2D eigenvalue weighted by Crippen LogP contribution is 2.25. The Morgan fingerprint density at radius 1 is 1.43 bits per heavy atom. The molecule has 0 bridgehead atoms. The van der Waals surface area contributed by atoms with E-state index in [4.69, 9.17) is 5.11 Å². The molecule has 1 aliphatic rings. The van der Waals surface area contributed by atoms with E-state index in [0.29, 0.717) is 30.0 Å². The van der Waals surface area contributed by atoms with Gasteiger partial charge in [-0.15, -0.1) is 16.4 Å². The zero-order valence-electron chi connectivity index (χ0n) is 11.0. The SMILES string of the molecule is O=C(O)[C@@H]1CCCN(C(=O)c2sccc2-n2cnnn2)C1. The highest BCUT2D eigenvalue weighted by molar-refractivity contribution is 7.12. The van der Waals surface area contributed by atoms with Crippen LogP contribution < -0.4 is 0 Å². The lowest BCUT2D eigenvalue weighted by Crippen LogP contribution is -2.42. The first kappa shape index (κ1) is 13.7. The highest BCUT2D eigenvalue weighted by Gasteiger charge is 2.30.